The molecular weight excluding hydrogens is 528 g/mol. The molecule has 6 rings (SSSR count). The largest absolute Gasteiger partial charge is 0.392 e. The molecule has 4 aromatic rings. The van der Waals surface area contributed by atoms with Gasteiger partial charge in [0.1, 0.15) is 0 Å². The minimum atomic E-state index is -0.643. The van der Waals surface area contributed by atoms with Gasteiger partial charge in [-0.25, -0.2) is 4.90 Å². The van der Waals surface area contributed by atoms with Crippen molar-refractivity contribution in [1.29, 1.82) is 0 Å². The molecule has 1 saturated heterocycles. The molecule has 1 fully saturated rings. The van der Waals surface area contributed by atoms with E-state index in [-0.39, 0.29) is 36.5 Å². The molecule has 2 amide bonds. The molecule has 0 unspecified atom stereocenters. The summed E-state index contributed by atoms with van der Waals surface area (Å²) in [5.74, 6) is -0.595. The third-order valence-electron chi connectivity index (χ3n) is 8.13. The number of amides is 2. The quantitative estimate of drug-likeness (QED) is 0.269. The first-order valence-corrected chi connectivity index (χ1v) is 14.2. The number of benzene rings is 4. The summed E-state index contributed by atoms with van der Waals surface area (Å²) >= 11 is 0. The molecule has 2 aliphatic rings. The number of hydrogen-bond acceptors (Lipinski definition) is 6. The van der Waals surface area contributed by atoms with E-state index in [1.54, 1.807) is 36.4 Å². The molecule has 7 heteroatoms. The van der Waals surface area contributed by atoms with Gasteiger partial charge in [0.25, 0.3) is 11.8 Å². The van der Waals surface area contributed by atoms with E-state index >= 15 is 0 Å². The van der Waals surface area contributed by atoms with Gasteiger partial charge in [0.15, 0.2) is 6.29 Å². The fraction of sp³-hybridized carbons (Fsp3) is 0.257. The van der Waals surface area contributed by atoms with E-state index in [1.165, 1.54) is 10.5 Å². The van der Waals surface area contributed by atoms with Crippen molar-refractivity contribution in [1.82, 2.24) is 4.90 Å². The van der Waals surface area contributed by atoms with Crippen LogP contribution in [0.25, 0.3) is 0 Å². The summed E-state index contributed by atoms with van der Waals surface area (Å²) in [6, 6.07) is 32.3. The Morgan fingerprint density at radius 3 is 1.95 bits per heavy atom. The highest BCUT2D eigenvalue weighted by molar-refractivity contribution is 6.34. The second-order valence-corrected chi connectivity index (χ2v) is 11.1. The van der Waals surface area contributed by atoms with Crippen LogP contribution in [-0.2, 0) is 22.6 Å². The van der Waals surface area contributed by atoms with E-state index < -0.39 is 6.29 Å². The van der Waals surface area contributed by atoms with Crippen molar-refractivity contribution in [2.24, 2.45) is 5.92 Å². The summed E-state index contributed by atoms with van der Waals surface area (Å²) in [4.78, 5) is 29.5. The monoisotopic (exact) mass is 562 g/mol. The minimum Gasteiger partial charge on any atom is -0.392 e. The van der Waals surface area contributed by atoms with Crippen LogP contribution in [0, 0.1) is 5.92 Å². The lowest BCUT2D eigenvalue weighted by Crippen LogP contribution is -2.43. The number of nitrogens with zero attached hydrogens (tertiary/aromatic N) is 2. The molecule has 4 atom stereocenters. The Hall–Kier alpha value is -4.14. The van der Waals surface area contributed by atoms with Gasteiger partial charge in [-0.05, 0) is 48.0 Å². The fourth-order valence-electron chi connectivity index (χ4n) is 5.80. The molecule has 0 aromatic heterocycles. The smallest absolute Gasteiger partial charge is 0.266 e. The zero-order chi connectivity index (χ0) is 29.2. The van der Waals surface area contributed by atoms with E-state index in [2.05, 4.69) is 31.0 Å². The Labute approximate surface area is 245 Å². The first kappa shape index (κ1) is 28.0. The van der Waals surface area contributed by atoms with Crippen LogP contribution in [0.2, 0.25) is 0 Å². The highest BCUT2D eigenvalue weighted by Crippen LogP contribution is 2.42. The highest BCUT2D eigenvalue weighted by Gasteiger charge is 2.40. The summed E-state index contributed by atoms with van der Waals surface area (Å²) < 4.78 is 13.2. The Kier molecular flexibility index (Phi) is 8.00. The van der Waals surface area contributed by atoms with Crippen LogP contribution in [0.4, 0.5) is 5.69 Å². The minimum absolute atomic E-state index is 0.0144. The molecule has 0 spiro atoms. The molecule has 7 nitrogen and oxygen atoms in total. The van der Waals surface area contributed by atoms with Gasteiger partial charge in [0.05, 0.1) is 35.6 Å². The number of imide groups is 1. The van der Waals surface area contributed by atoms with Crippen LogP contribution >= 0.6 is 0 Å². The molecule has 42 heavy (non-hydrogen) atoms. The molecular formula is C35H34N2O5. The lowest BCUT2D eigenvalue weighted by atomic mass is 9.90. The molecule has 0 saturated carbocycles. The number of ether oxygens (including phenoxy) is 2. The molecule has 2 heterocycles. The third kappa shape index (κ3) is 5.52. The van der Waals surface area contributed by atoms with Crippen molar-refractivity contribution in [3.63, 3.8) is 0 Å². The van der Waals surface area contributed by atoms with Crippen LogP contribution in [0.15, 0.2) is 103 Å². The fourth-order valence-corrected chi connectivity index (χ4v) is 5.80. The van der Waals surface area contributed by atoms with Crippen molar-refractivity contribution >= 4 is 17.5 Å². The van der Waals surface area contributed by atoms with Gasteiger partial charge in [-0.1, -0.05) is 85.8 Å². The average Bonchev–Trinajstić information content (AvgIpc) is 3.28. The number of anilines is 1. The van der Waals surface area contributed by atoms with Gasteiger partial charge in [-0.15, -0.1) is 0 Å². The van der Waals surface area contributed by atoms with Crippen molar-refractivity contribution < 1.29 is 24.2 Å². The maximum atomic E-state index is 13.0. The van der Waals surface area contributed by atoms with Crippen molar-refractivity contribution in [3.8, 4) is 0 Å². The molecule has 2 aliphatic heterocycles. The molecule has 4 aromatic carbocycles. The lowest BCUT2D eigenvalue weighted by molar-refractivity contribution is -0.276. The van der Waals surface area contributed by atoms with Gasteiger partial charge in [-0.3, -0.25) is 14.5 Å². The molecule has 214 valence electrons. The van der Waals surface area contributed by atoms with Gasteiger partial charge in [-0.2, -0.15) is 0 Å². The van der Waals surface area contributed by atoms with Crippen LogP contribution < -0.4 is 4.90 Å². The predicted molar refractivity (Wildman–Crippen MR) is 160 cm³/mol. The standard InChI is InChI=1S/C35H34N2O5/c1-23-31(21-36(2)20-24-8-4-3-5-9-24)41-35(42-32(23)26-14-12-25(22-38)13-15-26)27-16-18-28(19-17-27)37-33(39)29-10-6-7-11-30(29)34(37)40/h3-19,23,31-32,35,38H,20-22H2,1-2H3/t23-,31+,32+,35+/m0/s1. The number of carbonyl (C=O) groups is 2. The van der Waals surface area contributed by atoms with Crippen LogP contribution in [0.5, 0.6) is 0 Å². The molecule has 0 bridgehead atoms. The van der Waals surface area contributed by atoms with Gasteiger partial charge < -0.3 is 14.6 Å². The lowest BCUT2D eigenvalue weighted by Gasteiger charge is -2.42. The second kappa shape index (κ2) is 12.0. The van der Waals surface area contributed by atoms with Crippen LogP contribution in [-0.4, -0.2) is 41.5 Å². The first-order chi connectivity index (χ1) is 20.4. The van der Waals surface area contributed by atoms with Crippen LogP contribution in [0.3, 0.4) is 0 Å². The first-order valence-electron chi connectivity index (χ1n) is 14.2. The summed E-state index contributed by atoms with van der Waals surface area (Å²) in [6.07, 6.45) is -1.01. The van der Waals surface area contributed by atoms with Crippen molar-refractivity contribution in [3.05, 3.63) is 137 Å². The highest BCUT2D eigenvalue weighted by atomic mass is 16.7. The maximum Gasteiger partial charge on any atom is 0.266 e. The van der Waals surface area contributed by atoms with Crippen molar-refractivity contribution in [2.45, 2.75) is 38.6 Å². The topological polar surface area (TPSA) is 79.3 Å². The Bertz CT molecular complexity index is 1520. The summed E-state index contributed by atoms with van der Waals surface area (Å²) in [5.41, 5.74) is 5.23. The number of aliphatic hydroxyl groups is 1. The van der Waals surface area contributed by atoms with E-state index in [9.17, 15) is 14.7 Å². The number of carbonyl (C=O) groups excluding carboxylic acids is 2. The molecule has 1 N–H and O–H groups in total. The molecule has 0 aliphatic carbocycles. The number of hydrogen-bond donors (Lipinski definition) is 1. The van der Waals surface area contributed by atoms with Crippen LogP contribution in [0.1, 0.15) is 62.3 Å². The average molecular weight is 563 g/mol. The Morgan fingerprint density at radius 1 is 0.738 bits per heavy atom. The summed E-state index contributed by atoms with van der Waals surface area (Å²) in [7, 11) is 2.09. The van der Waals surface area contributed by atoms with E-state index in [4.69, 9.17) is 9.47 Å². The number of aliphatic hydroxyl groups excluding tert-OH is 1. The van der Waals surface area contributed by atoms with E-state index in [0.29, 0.717) is 23.4 Å². The maximum absolute atomic E-state index is 13.0. The predicted octanol–water partition coefficient (Wildman–Crippen LogP) is 5.90. The number of fused-ring (bicyclic) bond motifs is 1. The van der Waals surface area contributed by atoms with Gasteiger partial charge >= 0.3 is 0 Å². The molecule has 0 radical (unpaired) electrons. The summed E-state index contributed by atoms with van der Waals surface area (Å²) in [5, 5.41) is 9.53. The Balaban J connectivity index is 1.24. The summed E-state index contributed by atoms with van der Waals surface area (Å²) in [6.45, 7) is 3.63. The second-order valence-electron chi connectivity index (χ2n) is 11.1. The van der Waals surface area contributed by atoms with Gasteiger partial charge in [0.2, 0.25) is 0 Å². The van der Waals surface area contributed by atoms with E-state index in [0.717, 1.165) is 23.2 Å². The van der Waals surface area contributed by atoms with Gasteiger partial charge in [0, 0.05) is 24.6 Å². The van der Waals surface area contributed by atoms with Crippen molar-refractivity contribution in [2.75, 3.05) is 18.5 Å². The normalized spacial score (nSPS) is 22.0. The zero-order valence-electron chi connectivity index (χ0n) is 23.7. The number of rotatable bonds is 8. The SMILES string of the molecule is C[C@H]1[C@@H](CN(C)Cc2ccccc2)O[C@@H](c2ccc(N3C(=O)c4ccccc4C3=O)cc2)O[C@H]1c1ccc(CO)cc1. The third-order valence-corrected chi connectivity index (χ3v) is 8.13. The van der Waals surface area contributed by atoms with E-state index in [1.807, 2.05) is 54.6 Å². The number of likely N-dealkylation sites (N-methyl/N-ethyl adjacent to an activating group) is 1. The Morgan fingerprint density at radius 2 is 1.33 bits per heavy atom. The zero-order valence-corrected chi connectivity index (χ0v) is 23.7.